The molecule has 6 aromatic rings. The van der Waals surface area contributed by atoms with Gasteiger partial charge in [0.25, 0.3) is 44.1 Å². The van der Waals surface area contributed by atoms with E-state index in [4.69, 9.17) is 115 Å². The summed E-state index contributed by atoms with van der Waals surface area (Å²) in [6.07, 6.45) is -28.1. The first-order valence-corrected chi connectivity index (χ1v) is 47.1. The molecule has 4 N–H and O–H groups in total. The third-order valence-electron chi connectivity index (χ3n) is 22.4. The Hall–Kier alpha value is -11.6. The Morgan fingerprint density at radius 2 is 0.659 bits per heavy atom. The zero-order valence-electron chi connectivity index (χ0n) is 75.5. The average Bonchev–Trinajstić information content (AvgIpc) is 1.35. The van der Waals surface area contributed by atoms with Crippen LogP contribution in [0.3, 0.4) is 0 Å². The number of ether oxygens (including phenoxy) is 14. The molecule has 40 nitrogen and oxygen atoms in total. The van der Waals surface area contributed by atoms with Gasteiger partial charge in [0.1, 0.15) is 74.1 Å². The molecule has 0 aliphatic carbocycles. The van der Waals surface area contributed by atoms with E-state index in [-0.39, 0.29) is 40.5 Å². The highest BCUT2D eigenvalue weighted by Gasteiger charge is 2.62. The van der Waals surface area contributed by atoms with E-state index in [0.29, 0.717) is 0 Å². The number of azide groups is 2. The second-order valence-electron chi connectivity index (χ2n) is 33.7. The molecule has 135 heavy (non-hydrogen) atoms. The molecule has 6 aliphatic heterocycles. The normalized spacial score (nSPS) is 26.0. The summed E-state index contributed by atoms with van der Waals surface area (Å²) in [4.78, 5) is 158. The summed E-state index contributed by atoms with van der Waals surface area (Å²) in [5.41, 5.74) is 19.5. The Kier molecular flexibility index (Phi) is 35.4. The first kappa shape index (κ1) is 105. The summed E-state index contributed by atoms with van der Waals surface area (Å²) in [6, 6.07) is 48.0. The van der Waals surface area contributed by atoms with Gasteiger partial charge in [-0.25, -0.2) is 0 Å². The predicted octanol–water partition coefficient (Wildman–Crippen LogP) is 7.51. The van der Waals surface area contributed by atoms with Crippen molar-refractivity contribution in [2.24, 2.45) is 10.2 Å². The van der Waals surface area contributed by atoms with Crippen molar-refractivity contribution in [3.05, 3.63) is 213 Å². The fraction of sp³-hybridized carbons (Fsp3) is 0.456. The molecule has 6 aliphatic rings. The number of halogens is 3. The molecule has 722 valence electrons. The van der Waals surface area contributed by atoms with Gasteiger partial charge in [0.15, 0.2) is 49.3 Å². The van der Waals surface area contributed by atoms with Gasteiger partial charge in [0.2, 0.25) is 18.3 Å². The number of hydrogen-bond donors (Lipinski definition) is 4. The van der Waals surface area contributed by atoms with Gasteiger partial charge < -0.3 is 90.5 Å². The van der Waals surface area contributed by atoms with Gasteiger partial charge in [-0.1, -0.05) is 232 Å². The molecule has 4 saturated heterocycles. The maximum atomic E-state index is 14.0. The molecule has 4 fully saturated rings. The topological polar surface area (TPSA) is 541 Å². The van der Waals surface area contributed by atoms with Crippen LogP contribution in [0.4, 0.5) is 0 Å². The van der Waals surface area contributed by atoms with E-state index in [9.17, 15) is 83.9 Å². The number of rotatable bonds is 27. The maximum Gasteiger partial charge on any atom is 0.303 e. The third kappa shape index (κ3) is 24.2. The smallest absolute Gasteiger partial charge is 0.303 e. The average molecular weight is 1970 g/mol. The van der Waals surface area contributed by atoms with Crippen LogP contribution in [-0.2, 0) is 114 Å². The van der Waals surface area contributed by atoms with Crippen LogP contribution in [0, 0.1) is 5.41 Å². The number of amides is 4. The number of alkyl halides is 3. The minimum Gasteiger partial charge on any atom is -0.463 e. The molecule has 45 heteroatoms. The lowest BCUT2D eigenvalue weighted by atomic mass is 9.93. The summed E-state index contributed by atoms with van der Waals surface area (Å²) in [7, 11) is -6.43. The zero-order chi connectivity index (χ0) is 99.1. The quantitative estimate of drug-likeness (QED) is 0.00370. The van der Waals surface area contributed by atoms with Gasteiger partial charge in [-0.2, -0.15) is 0 Å². The molecular formula is C90H102Cl3N9O31Si2. The van der Waals surface area contributed by atoms with Crippen molar-refractivity contribution in [1.29, 1.82) is 5.41 Å². The van der Waals surface area contributed by atoms with Gasteiger partial charge in [0.05, 0.1) is 35.5 Å². The Morgan fingerprint density at radius 3 is 0.970 bits per heavy atom. The lowest BCUT2D eigenvalue weighted by molar-refractivity contribution is -0.339. The monoisotopic (exact) mass is 1970 g/mol. The number of nitrogens with one attached hydrogen (secondary N) is 1. The molecule has 4 amide bonds. The van der Waals surface area contributed by atoms with Crippen molar-refractivity contribution >= 4 is 149 Å². The van der Waals surface area contributed by atoms with Crippen molar-refractivity contribution in [1.82, 2.24) is 9.80 Å². The van der Waals surface area contributed by atoms with Crippen molar-refractivity contribution in [2.75, 3.05) is 26.4 Å². The minimum atomic E-state index is -3.40. The molecule has 6 aromatic carbocycles. The fourth-order valence-electron chi connectivity index (χ4n) is 17.0. The number of esters is 8. The lowest BCUT2D eigenvalue weighted by Gasteiger charge is -2.50. The fourth-order valence-corrected chi connectivity index (χ4v) is 26.2. The Labute approximate surface area is 791 Å². The molecule has 0 spiro atoms. The molecular weight excluding hydrogens is 1870 g/mol. The first-order chi connectivity index (χ1) is 63.7. The van der Waals surface area contributed by atoms with E-state index in [0.717, 1.165) is 85.9 Å². The van der Waals surface area contributed by atoms with Crippen LogP contribution in [-0.4, -0.2) is 272 Å². The van der Waals surface area contributed by atoms with E-state index < -0.39 is 239 Å². The summed E-state index contributed by atoms with van der Waals surface area (Å²) in [6.45, 7) is 19.5. The first-order valence-electron chi connectivity index (χ1n) is 42.2. The van der Waals surface area contributed by atoms with E-state index in [2.05, 4.69) is 40.8 Å². The van der Waals surface area contributed by atoms with Crippen LogP contribution in [0.1, 0.15) is 138 Å². The van der Waals surface area contributed by atoms with Gasteiger partial charge in [-0.05, 0) is 66.2 Å². The summed E-state index contributed by atoms with van der Waals surface area (Å²) >= 11 is 16.8. The number of aliphatic hydroxyl groups excluding tert-OH is 3. The second kappa shape index (κ2) is 45.3. The van der Waals surface area contributed by atoms with E-state index in [1.54, 1.807) is 24.3 Å². The summed E-state index contributed by atoms with van der Waals surface area (Å²) in [5.74, 6) is -10.4. The number of carbonyl (C=O) groups excluding carboxylic acids is 12. The molecule has 6 heterocycles. The Balaban J connectivity index is 0.000000227. The highest BCUT2D eigenvalue weighted by molar-refractivity contribution is 7.00. The molecule has 0 radical (unpaired) electrons. The van der Waals surface area contributed by atoms with Gasteiger partial charge in [-0.15, -0.1) is 0 Å². The second-order valence-corrected chi connectivity index (χ2v) is 44.6. The molecule has 0 bridgehead atoms. The number of benzene rings is 6. The zero-order valence-corrected chi connectivity index (χ0v) is 79.8. The Morgan fingerprint density at radius 1 is 0.378 bits per heavy atom. The molecule has 0 aromatic heterocycles. The van der Waals surface area contributed by atoms with Gasteiger partial charge in [-0.3, -0.25) is 72.7 Å². The van der Waals surface area contributed by atoms with Crippen molar-refractivity contribution in [3.63, 3.8) is 0 Å². The van der Waals surface area contributed by atoms with E-state index >= 15 is 0 Å². The third-order valence-corrected chi connectivity index (χ3v) is 32.9. The summed E-state index contributed by atoms with van der Waals surface area (Å²) in [5, 5.41) is 53.3. The van der Waals surface area contributed by atoms with Crippen LogP contribution in [0.25, 0.3) is 20.9 Å². The molecule has 20 atom stereocenters. The largest absolute Gasteiger partial charge is 0.463 e. The standard InChI is InChI=1S/C44H50N4O15Si.C30H32N4O6Si.C16H20Cl3NO10/c1-24(49)56-22-32-37(58-25(2)50)38(59-26(3)51)39(60-27(4)52)43(62-32)63-36-33(23-57-64(44(5,6)7,28-16-10-8-11-17-28)29-18-12-9-13-19-29)61-40(46-47-45)34(35(36)53)48-41(54)30-20-14-15-21-31(30)42(48)55;1-30(2,3)41(19-12-6-4-7-13-19,20-14-8-5-9-15-20)39-18-23-25(35)26(36)24(27(40-23)32-33-31)34-28(37)21-16-10-11-17-22(21)29(34)38;1-6(21)25-5-10-11(26-7(2)22)12(27-8(3)23)13(28-9(4)24)14(29-10)30-15(20)16(17,18)19/h8-21,32-40,43,53H,22-23H2,1-7H3;4-17,23-27,35-36H,18H2,1-3H3;10-14,20H,5H2,1-4H3/t32?,33?,34?,35-,36-,37+,38+,39?,40-,43+;23?,24?,25-,26-,27-;10?,11-,12-,13?,14+/m110/s1. The van der Waals surface area contributed by atoms with Crippen LogP contribution in [0.2, 0.25) is 10.1 Å². The molecule has 8 unspecified atom stereocenters. The van der Waals surface area contributed by atoms with E-state index in [1.807, 2.05) is 142 Å². The van der Waals surface area contributed by atoms with Crippen molar-refractivity contribution in [2.45, 2.75) is 233 Å². The lowest BCUT2D eigenvalue weighted by Crippen LogP contribution is -2.70. The molecule has 0 saturated carbocycles. The highest BCUT2D eigenvalue weighted by Crippen LogP contribution is 2.44. The van der Waals surface area contributed by atoms with Crippen molar-refractivity contribution in [3.8, 4) is 0 Å². The maximum absolute atomic E-state index is 14.0. The number of hydrogen-bond acceptors (Lipinski definition) is 34. The Bertz CT molecular complexity index is 5270. The van der Waals surface area contributed by atoms with Crippen LogP contribution >= 0.6 is 34.8 Å². The van der Waals surface area contributed by atoms with Gasteiger partial charge >= 0.3 is 47.8 Å². The number of imide groups is 2. The number of aliphatic hydroxyl groups is 3. The van der Waals surface area contributed by atoms with Crippen molar-refractivity contribution < 1.29 is 148 Å². The highest BCUT2D eigenvalue weighted by atomic mass is 35.6. The number of carbonyl (C=O) groups is 12. The molecule has 12 rings (SSSR count). The minimum absolute atomic E-state index is 0.0218. The van der Waals surface area contributed by atoms with Gasteiger partial charge in [0, 0.05) is 65.2 Å². The van der Waals surface area contributed by atoms with Crippen LogP contribution in [0.5, 0.6) is 0 Å². The van der Waals surface area contributed by atoms with Crippen LogP contribution in [0.15, 0.2) is 180 Å². The summed E-state index contributed by atoms with van der Waals surface area (Å²) < 4.78 is 90.3. The predicted molar refractivity (Wildman–Crippen MR) is 480 cm³/mol. The number of nitrogens with zero attached hydrogens (tertiary/aromatic N) is 8. The number of fused-ring (bicyclic) bond motifs is 2. The van der Waals surface area contributed by atoms with E-state index in [1.165, 1.54) is 24.3 Å². The van der Waals surface area contributed by atoms with Crippen LogP contribution < -0.4 is 20.7 Å². The SMILES string of the molecule is CC(=O)OCC1O[C@@H](O[C@@H]2C(CO[Si](c3ccccc3)(c3ccccc3)C(C)(C)C)O[C@@H](N=[N+]=[N-])C(N3C(=O)c4ccccc4C3=O)[C@H]2O)C(OC(C)=O)[C@@H](OC(C)=O)[C@H]1OC(C)=O.CC(=O)OCC1O[C@H](OC(=N)C(Cl)(Cl)Cl)C(OC(C)=O)[C@@H](OC(C)=O)[C@H]1OC(C)=O.CC(C)(C)[Si](OCC1O[C@@H](N=[N+]=[N-])C(N2C(=O)c3ccccc3C2=O)[C@@H](O)[C@@H]1O)(c1ccccc1)c1ccccc1.